The Balaban J connectivity index is 2.03. The van der Waals surface area contributed by atoms with Crippen molar-refractivity contribution in [3.63, 3.8) is 0 Å². The Morgan fingerprint density at radius 1 is 1.18 bits per heavy atom. The Morgan fingerprint density at radius 3 is 2.35 bits per heavy atom. The first-order valence-corrected chi connectivity index (χ1v) is 8.44. The third-order valence-corrected chi connectivity index (χ3v) is 5.75. The van der Waals surface area contributed by atoms with Gasteiger partial charge in [-0.15, -0.1) is 0 Å². The van der Waals surface area contributed by atoms with Gasteiger partial charge in [0.25, 0.3) is 0 Å². The van der Waals surface area contributed by atoms with E-state index in [0.29, 0.717) is 18.2 Å². The highest BCUT2D eigenvalue weighted by Gasteiger charge is 2.35. The number of hydrogen-bond donors (Lipinski definition) is 1. The Hall–Kier alpha value is -0.130. The summed E-state index contributed by atoms with van der Waals surface area (Å²) in [5, 5.41) is 3.29. The maximum atomic E-state index is 12.4. The monoisotopic (exact) mass is 260 g/mol. The first-order chi connectivity index (χ1) is 8.13. The first kappa shape index (κ1) is 13.3. The van der Waals surface area contributed by atoms with Crippen molar-refractivity contribution >= 4 is 10.0 Å². The predicted molar refractivity (Wildman–Crippen MR) is 69.4 cm³/mol. The van der Waals surface area contributed by atoms with Crippen LogP contribution >= 0.6 is 0 Å². The maximum Gasteiger partial charge on any atom is 0.214 e. The van der Waals surface area contributed by atoms with Gasteiger partial charge in [-0.2, -0.15) is 4.31 Å². The number of piperidine rings is 1. The van der Waals surface area contributed by atoms with Crippen molar-refractivity contribution in [1.29, 1.82) is 0 Å². The van der Waals surface area contributed by atoms with Crippen LogP contribution in [-0.2, 0) is 10.0 Å². The van der Waals surface area contributed by atoms with Crippen LogP contribution in [0.15, 0.2) is 0 Å². The summed E-state index contributed by atoms with van der Waals surface area (Å²) in [6.07, 6.45) is 5.04. The van der Waals surface area contributed by atoms with Crippen molar-refractivity contribution in [2.24, 2.45) is 5.92 Å². The SMILES string of the molecule is CCCN(C1CCNCC1)S(=O)(=O)CC1CC1. The lowest BCUT2D eigenvalue weighted by molar-refractivity contribution is 0.262. The lowest BCUT2D eigenvalue weighted by atomic mass is 10.1. The van der Waals surface area contributed by atoms with Crippen molar-refractivity contribution in [3.8, 4) is 0 Å². The van der Waals surface area contributed by atoms with Crippen LogP contribution in [0.5, 0.6) is 0 Å². The molecule has 0 spiro atoms. The summed E-state index contributed by atoms with van der Waals surface area (Å²) in [6.45, 7) is 4.65. The fraction of sp³-hybridized carbons (Fsp3) is 1.00. The molecule has 0 aromatic carbocycles. The summed E-state index contributed by atoms with van der Waals surface area (Å²) < 4.78 is 26.5. The third-order valence-electron chi connectivity index (χ3n) is 3.66. The molecule has 17 heavy (non-hydrogen) atoms. The average molecular weight is 260 g/mol. The lowest BCUT2D eigenvalue weighted by Gasteiger charge is -2.33. The molecule has 100 valence electrons. The molecule has 0 bridgehead atoms. The Kier molecular flexibility index (Phi) is 4.44. The lowest BCUT2D eigenvalue weighted by Crippen LogP contribution is -2.47. The van der Waals surface area contributed by atoms with Gasteiger partial charge in [0, 0.05) is 12.6 Å². The van der Waals surface area contributed by atoms with E-state index in [1.807, 2.05) is 0 Å². The van der Waals surface area contributed by atoms with Crippen LogP contribution in [0.25, 0.3) is 0 Å². The minimum Gasteiger partial charge on any atom is -0.317 e. The second kappa shape index (κ2) is 5.67. The van der Waals surface area contributed by atoms with Gasteiger partial charge in [-0.1, -0.05) is 6.92 Å². The van der Waals surface area contributed by atoms with Crippen LogP contribution in [0.1, 0.15) is 39.0 Å². The zero-order valence-electron chi connectivity index (χ0n) is 10.7. The van der Waals surface area contributed by atoms with E-state index < -0.39 is 10.0 Å². The molecule has 0 radical (unpaired) electrons. The average Bonchev–Trinajstić information content (AvgIpc) is 3.10. The normalized spacial score (nSPS) is 23.2. The summed E-state index contributed by atoms with van der Waals surface area (Å²) in [6, 6.07) is 0.236. The molecule has 2 aliphatic rings. The molecule has 2 rings (SSSR count). The van der Waals surface area contributed by atoms with E-state index >= 15 is 0 Å². The van der Waals surface area contributed by atoms with Gasteiger partial charge in [0.15, 0.2) is 0 Å². The van der Waals surface area contributed by atoms with Crippen molar-refractivity contribution in [2.45, 2.75) is 45.1 Å². The fourth-order valence-electron chi connectivity index (χ4n) is 2.54. The molecular formula is C12H24N2O2S. The highest BCUT2D eigenvalue weighted by Crippen LogP contribution is 2.32. The number of rotatable bonds is 6. The summed E-state index contributed by atoms with van der Waals surface area (Å²) in [5.74, 6) is 0.831. The fourth-order valence-corrected chi connectivity index (χ4v) is 4.79. The molecule has 0 amide bonds. The van der Waals surface area contributed by atoms with Gasteiger partial charge in [-0.05, 0) is 51.1 Å². The van der Waals surface area contributed by atoms with Crippen molar-refractivity contribution in [1.82, 2.24) is 9.62 Å². The Labute approximate surface area is 105 Å². The molecule has 1 N–H and O–H groups in total. The van der Waals surface area contributed by atoms with Crippen LogP contribution in [0, 0.1) is 5.92 Å². The predicted octanol–water partition coefficient (Wildman–Crippen LogP) is 1.19. The summed E-state index contributed by atoms with van der Waals surface area (Å²) in [4.78, 5) is 0. The molecular weight excluding hydrogens is 236 g/mol. The van der Waals surface area contributed by atoms with Crippen LogP contribution < -0.4 is 5.32 Å². The van der Waals surface area contributed by atoms with Crippen LogP contribution in [-0.4, -0.2) is 44.2 Å². The van der Waals surface area contributed by atoms with Crippen LogP contribution in [0.3, 0.4) is 0 Å². The highest BCUT2D eigenvalue weighted by atomic mass is 32.2. The number of nitrogens with zero attached hydrogens (tertiary/aromatic N) is 1. The quantitative estimate of drug-likeness (QED) is 0.780. The van der Waals surface area contributed by atoms with Gasteiger partial charge in [0.2, 0.25) is 10.0 Å². The molecule has 0 aromatic rings. The Morgan fingerprint density at radius 2 is 1.82 bits per heavy atom. The molecule has 0 unspecified atom stereocenters. The summed E-state index contributed by atoms with van der Waals surface area (Å²) in [7, 11) is -3.02. The van der Waals surface area contributed by atoms with Gasteiger partial charge >= 0.3 is 0 Å². The van der Waals surface area contributed by atoms with Crippen molar-refractivity contribution in [3.05, 3.63) is 0 Å². The van der Waals surface area contributed by atoms with Gasteiger partial charge in [-0.25, -0.2) is 8.42 Å². The second-order valence-electron chi connectivity index (χ2n) is 5.31. The molecule has 1 aliphatic heterocycles. The molecule has 2 fully saturated rings. The number of sulfonamides is 1. The van der Waals surface area contributed by atoms with Crippen LogP contribution in [0.2, 0.25) is 0 Å². The van der Waals surface area contributed by atoms with E-state index in [1.54, 1.807) is 4.31 Å². The minimum atomic E-state index is -3.02. The van der Waals surface area contributed by atoms with Gasteiger partial charge in [0.05, 0.1) is 5.75 Å². The summed E-state index contributed by atoms with van der Waals surface area (Å²) >= 11 is 0. The topological polar surface area (TPSA) is 49.4 Å². The largest absolute Gasteiger partial charge is 0.317 e. The zero-order valence-corrected chi connectivity index (χ0v) is 11.5. The van der Waals surface area contributed by atoms with Gasteiger partial charge in [-0.3, -0.25) is 0 Å². The van der Waals surface area contributed by atoms with E-state index in [4.69, 9.17) is 0 Å². The number of hydrogen-bond acceptors (Lipinski definition) is 3. The molecule has 0 atom stereocenters. The van der Waals surface area contributed by atoms with Crippen molar-refractivity contribution in [2.75, 3.05) is 25.4 Å². The molecule has 5 heteroatoms. The van der Waals surface area contributed by atoms with Gasteiger partial charge < -0.3 is 5.32 Å². The van der Waals surface area contributed by atoms with Crippen LogP contribution in [0.4, 0.5) is 0 Å². The highest BCUT2D eigenvalue weighted by molar-refractivity contribution is 7.89. The molecule has 1 aliphatic carbocycles. The Bertz CT molecular complexity index is 332. The first-order valence-electron chi connectivity index (χ1n) is 6.83. The standard InChI is InChI=1S/C12H24N2O2S/c1-2-9-14(12-5-7-13-8-6-12)17(15,16)10-11-3-4-11/h11-13H,2-10H2,1H3. The molecule has 1 saturated carbocycles. The smallest absolute Gasteiger partial charge is 0.214 e. The maximum absolute atomic E-state index is 12.4. The third kappa shape index (κ3) is 3.66. The van der Waals surface area contributed by atoms with E-state index in [-0.39, 0.29) is 6.04 Å². The molecule has 1 heterocycles. The molecule has 0 aromatic heterocycles. The van der Waals surface area contributed by atoms with E-state index in [2.05, 4.69) is 12.2 Å². The van der Waals surface area contributed by atoms with E-state index in [0.717, 1.165) is 45.2 Å². The minimum absolute atomic E-state index is 0.236. The van der Waals surface area contributed by atoms with E-state index in [1.165, 1.54) is 0 Å². The van der Waals surface area contributed by atoms with E-state index in [9.17, 15) is 8.42 Å². The second-order valence-corrected chi connectivity index (χ2v) is 7.28. The number of nitrogens with one attached hydrogen (secondary N) is 1. The van der Waals surface area contributed by atoms with Gasteiger partial charge in [0.1, 0.15) is 0 Å². The molecule has 4 nitrogen and oxygen atoms in total. The molecule has 1 saturated heterocycles. The van der Waals surface area contributed by atoms with Crippen molar-refractivity contribution < 1.29 is 8.42 Å². The summed E-state index contributed by atoms with van der Waals surface area (Å²) in [5.41, 5.74) is 0. The zero-order chi connectivity index (χ0) is 12.3.